The van der Waals surface area contributed by atoms with E-state index < -0.39 is 17.7 Å². The number of para-hydroxylation sites is 1. The second kappa shape index (κ2) is 6.42. The summed E-state index contributed by atoms with van der Waals surface area (Å²) >= 11 is 0. The zero-order valence-electron chi connectivity index (χ0n) is 10.8. The van der Waals surface area contributed by atoms with Crippen molar-refractivity contribution in [2.75, 3.05) is 5.32 Å². The molecular weight excluding hydrogens is 275 g/mol. The maximum Gasteiger partial charge on any atom is 0.337 e. The number of carboxylic acids is 1. The lowest BCUT2D eigenvalue weighted by atomic mass is 10.1. The Hall–Kier alpha value is -3.02. The molecule has 1 aromatic carbocycles. The number of aromatic nitrogens is 1. The normalized spacial score (nSPS) is 10.5. The van der Waals surface area contributed by atoms with E-state index in [0.717, 1.165) is 6.07 Å². The molecule has 2 aromatic rings. The Morgan fingerprint density at radius 3 is 2.71 bits per heavy atom. The summed E-state index contributed by atoms with van der Waals surface area (Å²) in [6, 6.07) is 7.00. The summed E-state index contributed by atoms with van der Waals surface area (Å²) < 4.78 is 13.6. The van der Waals surface area contributed by atoms with Crippen molar-refractivity contribution in [3.8, 4) is 0 Å². The Balaban J connectivity index is 2.17. The molecule has 0 spiro atoms. The monoisotopic (exact) mass is 286 g/mol. The van der Waals surface area contributed by atoms with Crippen molar-refractivity contribution >= 4 is 23.6 Å². The fourth-order valence-electron chi connectivity index (χ4n) is 1.64. The summed E-state index contributed by atoms with van der Waals surface area (Å²) in [7, 11) is 0. The number of aromatic carboxylic acids is 1. The topological polar surface area (TPSA) is 79.3 Å². The first-order valence-electron chi connectivity index (χ1n) is 5.99. The fraction of sp³-hybridized carbons (Fsp3) is 0. The van der Waals surface area contributed by atoms with Crippen molar-refractivity contribution in [2.24, 2.45) is 0 Å². The van der Waals surface area contributed by atoms with E-state index in [1.165, 1.54) is 24.3 Å². The van der Waals surface area contributed by atoms with Crippen LogP contribution in [0.2, 0.25) is 0 Å². The Labute approximate surface area is 119 Å². The van der Waals surface area contributed by atoms with E-state index in [2.05, 4.69) is 10.3 Å². The molecule has 2 N–H and O–H groups in total. The minimum absolute atomic E-state index is 0.307. The van der Waals surface area contributed by atoms with E-state index in [4.69, 9.17) is 5.11 Å². The summed E-state index contributed by atoms with van der Waals surface area (Å²) in [5, 5.41) is 11.2. The molecule has 0 aliphatic rings. The van der Waals surface area contributed by atoms with Crippen LogP contribution in [0.1, 0.15) is 15.9 Å². The van der Waals surface area contributed by atoms with Crippen LogP contribution in [0.3, 0.4) is 0 Å². The molecule has 1 aromatic heterocycles. The zero-order chi connectivity index (χ0) is 15.2. The molecule has 0 atom stereocenters. The van der Waals surface area contributed by atoms with Gasteiger partial charge >= 0.3 is 5.97 Å². The maximum absolute atomic E-state index is 13.6. The van der Waals surface area contributed by atoms with Gasteiger partial charge in [0.05, 0.1) is 11.3 Å². The molecule has 1 heterocycles. The quantitative estimate of drug-likeness (QED) is 0.847. The molecule has 0 aliphatic heterocycles. The number of hydrogen-bond acceptors (Lipinski definition) is 3. The van der Waals surface area contributed by atoms with Crippen molar-refractivity contribution < 1.29 is 19.1 Å². The van der Waals surface area contributed by atoms with Gasteiger partial charge in [-0.3, -0.25) is 9.78 Å². The lowest BCUT2D eigenvalue weighted by Crippen LogP contribution is -2.13. The predicted molar refractivity (Wildman–Crippen MR) is 75.3 cm³/mol. The first-order valence-corrected chi connectivity index (χ1v) is 5.99. The Bertz CT molecular complexity index is 699. The molecule has 21 heavy (non-hydrogen) atoms. The highest BCUT2D eigenvalue weighted by Crippen LogP contribution is 2.19. The summed E-state index contributed by atoms with van der Waals surface area (Å²) in [6.45, 7) is 0. The lowest BCUT2D eigenvalue weighted by molar-refractivity contribution is -0.111. The number of amides is 1. The second-order valence-electron chi connectivity index (χ2n) is 4.08. The molecule has 2 rings (SSSR count). The molecule has 0 radical (unpaired) electrons. The van der Waals surface area contributed by atoms with Gasteiger partial charge in [0, 0.05) is 18.5 Å². The average Bonchev–Trinajstić information content (AvgIpc) is 2.48. The van der Waals surface area contributed by atoms with E-state index >= 15 is 0 Å². The van der Waals surface area contributed by atoms with Gasteiger partial charge in [0.25, 0.3) is 0 Å². The van der Waals surface area contributed by atoms with Gasteiger partial charge in [0.1, 0.15) is 5.82 Å². The number of nitrogens with zero attached hydrogens (tertiary/aromatic N) is 1. The molecule has 0 saturated heterocycles. The smallest absolute Gasteiger partial charge is 0.337 e. The number of carboxylic acid groups (broad SMARTS) is 1. The van der Waals surface area contributed by atoms with E-state index in [1.54, 1.807) is 24.5 Å². The van der Waals surface area contributed by atoms with Crippen LogP contribution in [-0.2, 0) is 4.79 Å². The molecule has 0 fully saturated rings. The standard InChI is InChI=1S/C15H11FN2O3/c16-12-5-1-4-11(15(20)21)14(12)18-13(19)7-6-10-3-2-8-17-9-10/h1-9H,(H,18,19)(H,20,21)/b7-6+. The molecule has 5 nitrogen and oxygen atoms in total. The van der Waals surface area contributed by atoms with E-state index in [-0.39, 0.29) is 11.3 Å². The first kappa shape index (κ1) is 14.4. The summed E-state index contributed by atoms with van der Waals surface area (Å²) in [5.41, 5.74) is 0.0311. The van der Waals surface area contributed by atoms with Crippen LogP contribution >= 0.6 is 0 Å². The third kappa shape index (κ3) is 3.73. The highest BCUT2D eigenvalue weighted by atomic mass is 19.1. The molecular formula is C15H11FN2O3. The van der Waals surface area contributed by atoms with Crippen LogP contribution in [0.4, 0.5) is 10.1 Å². The fourth-order valence-corrected chi connectivity index (χ4v) is 1.64. The van der Waals surface area contributed by atoms with Crippen molar-refractivity contribution in [3.63, 3.8) is 0 Å². The van der Waals surface area contributed by atoms with E-state index in [9.17, 15) is 14.0 Å². The molecule has 0 aliphatic carbocycles. The maximum atomic E-state index is 13.6. The Kier molecular flexibility index (Phi) is 4.40. The van der Waals surface area contributed by atoms with Crippen LogP contribution < -0.4 is 5.32 Å². The van der Waals surface area contributed by atoms with Crippen LogP contribution in [0.25, 0.3) is 6.08 Å². The number of carbonyl (C=O) groups excluding carboxylic acids is 1. The molecule has 106 valence electrons. The van der Waals surface area contributed by atoms with Crippen LogP contribution in [0.5, 0.6) is 0 Å². The van der Waals surface area contributed by atoms with Crippen molar-refractivity contribution in [3.05, 3.63) is 65.7 Å². The second-order valence-corrected chi connectivity index (χ2v) is 4.08. The summed E-state index contributed by atoms with van der Waals surface area (Å²) in [5.74, 6) is -2.76. The summed E-state index contributed by atoms with van der Waals surface area (Å²) in [4.78, 5) is 26.6. The SMILES string of the molecule is O=C(/C=C/c1cccnc1)Nc1c(F)cccc1C(=O)O. The van der Waals surface area contributed by atoms with E-state index in [0.29, 0.717) is 5.56 Å². The summed E-state index contributed by atoms with van der Waals surface area (Å²) in [6.07, 6.45) is 5.81. The zero-order valence-corrected chi connectivity index (χ0v) is 10.8. The van der Waals surface area contributed by atoms with E-state index in [1.807, 2.05) is 0 Å². The molecule has 0 unspecified atom stereocenters. The van der Waals surface area contributed by atoms with Crippen LogP contribution in [-0.4, -0.2) is 22.0 Å². The molecule has 0 bridgehead atoms. The largest absolute Gasteiger partial charge is 0.478 e. The lowest BCUT2D eigenvalue weighted by Gasteiger charge is -2.07. The van der Waals surface area contributed by atoms with Crippen molar-refractivity contribution in [1.29, 1.82) is 0 Å². The van der Waals surface area contributed by atoms with Gasteiger partial charge in [0.2, 0.25) is 5.91 Å². The number of nitrogens with one attached hydrogen (secondary N) is 1. The van der Waals surface area contributed by atoms with Gasteiger partial charge in [-0.2, -0.15) is 0 Å². The van der Waals surface area contributed by atoms with Gasteiger partial charge in [-0.25, -0.2) is 9.18 Å². The number of carbonyl (C=O) groups is 2. The minimum atomic E-state index is -1.32. The number of benzene rings is 1. The molecule has 1 amide bonds. The number of halogens is 1. The molecule has 0 saturated carbocycles. The highest BCUT2D eigenvalue weighted by molar-refractivity contribution is 6.06. The number of anilines is 1. The third-order valence-electron chi connectivity index (χ3n) is 2.60. The Morgan fingerprint density at radius 1 is 1.24 bits per heavy atom. The van der Waals surface area contributed by atoms with Crippen LogP contribution in [0.15, 0.2) is 48.8 Å². The Morgan fingerprint density at radius 2 is 2.05 bits per heavy atom. The van der Waals surface area contributed by atoms with Gasteiger partial charge in [-0.15, -0.1) is 0 Å². The van der Waals surface area contributed by atoms with Gasteiger partial charge < -0.3 is 10.4 Å². The average molecular weight is 286 g/mol. The van der Waals surface area contributed by atoms with Crippen molar-refractivity contribution in [1.82, 2.24) is 4.98 Å². The first-order chi connectivity index (χ1) is 10.1. The number of rotatable bonds is 4. The van der Waals surface area contributed by atoms with Gasteiger partial charge in [-0.1, -0.05) is 12.1 Å². The van der Waals surface area contributed by atoms with Gasteiger partial charge in [0.15, 0.2) is 0 Å². The van der Waals surface area contributed by atoms with Crippen LogP contribution in [0, 0.1) is 5.82 Å². The van der Waals surface area contributed by atoms with Crippen molar-refractivity contribution in [2.45, 2.75) is 0 Å². The third-order valence-corrected chi connectivity index (χ3v) is 2.60. The highest BCUT2D eigenvalue weighted by Gasteiger charge is 2.15. The number of hydrogen-bond donors (Lipinski definition) is 2. The number of pyridine rings is 1. The minimum Gasteiger partial charge on any atom is -0.478 e. The molecule has 6 heteroatoms. The van der Waals surface area contributed by atoms with Gasteiger partial charge in [-0.05, 0) is 29.8 Å². The predicted octanol–water partition coefficient (Wildman–Crippen LogP) is 2.57.